The summed E-state index contributed by atoms with van der Waals surface area (Å²) < 4.78 is 6.29. The number of ether oxygens (including phenoxy) is 1. The SMILES string of the molecule is CCOC(=O)c1nn(-c2nccs2)cc1N. The highest BCUT2D eigenvalue weighted by Crippen LogP contribution is 2.16. The number of rotatable bonds is 3. The Hall–Kier alpha value is -1.89. The van der Waals surface area contributed by atoms with Crippen molar-refractivity contribution < 1.29 is 9.53 Å². The summed E-state index contributed by atoms with van der Waals surface area (Å²) in [6, 6.07) is 0. The predicted molar refractivity (Wildman–Crippen MR) is 59.6 cm³/mol. The number of nitrogens with zero attached hydrogens (tertiary/aromatic N) is 3. The molecule has 0 saturated heterocycles. The van der Waals surface area contributed by atoms with Crippen LogP contribution in [0.2, 0.25) is 0 Å². The van der Waals surface area contributed by atoms with E-state index in [2.05, 4.69) is 10.1 Å². The van der Waals surface area contributed by atoms with Crippen molar-refractivity contribution >= 4 is 23.0 Å². The van der Waals surface area contributed by atoms with Gasteiger partial charge in [0.25, 0.3) is 0 Å². The van der Waals surface area contributed by atoms with E-state index in [1.165, 1.54) is 16.0 Å². The first-order valence-corrected chi connectivity index (χ1v) is 5.52. The average molecular weight is 238 g/mol. The minimum Gasteiger partial charge on any atom is -0.461 e. The van der Waals surface area contributed by atoms with E-state index >= 15 is 0 Å². The van der Waals surface area contributed by atoms with Crippen LogP contribution in [-0.2, 0) is 4.74 Å². The number of hydrogen-bond acceptors (Lipinski definition) is 6. The summed E-state index contributed by atoms with van der Waals surface area (Å²) in [5.41, 5.74) is 6.08. The lowest BCUT2D eigenvalue weighted by Gasteiger charge is -1.97. The molecule has 0 aliphatic carbocycles. The second kappa shape index (κ2) is 4.31. The molecule has 2 N–H and O–H groups in total. The zero-order valence-electron chi connectivity index (χ0n) is 8.58. The lowest BCUT2D eigenvalue weighted by molar-refractivity contribution is 0.0520. The van der Waals surface area contributed by atoms with Gasteiger partial charge in [0.05, 0.1) is 18.5 Å². The number of carbonyl (C=O) groups is 1. The van der Waals surface area contributed by atoms with Crippen LogP contribution in [0.25, 0.3) is 5.13 Å². The summed E-state index contributed by atoms with van der Waals surface area (Å²) in [4.78, 5) is 15.5. The normalized spacial score (nSPS) is 10.3. The molecule has 0 atom stereocenters. The van der Waals surface area contributed by atoms with E-state index in [0.717, 1.165) is 0 Å². The molecule has 0 aromatic carbocycles. The molecule has 2 heterocycles. The van der Waals surface area contributed by atoms with Crippen molar-refractivity contribution in [3.8, 4) is 5.13 Å². The van der Waals surface area contributed by atoms with E-state index < -0.39 is 5.97 Å². The molecule has 2 rings (SSSR count). The molecular weight excluding hydrogens is 228 g/mol. The monoisotopic (exact) mass is 238 g/mol. The molecule has 0 spiro atoms. The molecule has 84 valence electrons. The van der Waals surface area contributed by atoms with Gasteiger partial charge >= 0.3 is 5.97 Å². The quantitative estimate of drug-likeness (QED) is 0.809. The van der Waals surface area contributed by atoms with Crippen molar-refractivity contribution in [3.05, 3.63) is 23.5 Å². The fourth-order valence-corrected chi connectivity index (χ4v) is 1.74. The molecule has 0 radical (unpaired) electrons. The summed E-state index contributed by atoms with van der Waals surface area (Å²) in [6.07, 6.45) is 3.20. The minimum absolute atomic E-state index is 0.122. The van der Waals surface area contributed by atoms with Crippen LogP contribution in [0.15, 0.2) is 17.8 Å². The number of anilines is 1. The van der Waals surface area contributed by atoms with Gasteiger partial charge in [0.1, 0.15) is 0 Å². The Morgan fingerprint density at radius 1 is 1.69 bits per heavy atom. The zero-order chi connectivity index (χ0) is 11.5. The van der Waals surface area contributed by atoms with Gasteiger partial charge in [-0.3, -0.25) is 0 Å². The molecule has 0 aliphatic heterocycles. The number of hydrogen-bond donors (Lipinski definition) is 1. The molecular formula is C9H10N4O2S. The van der Waals surface area contributed by atoms with E-state index in [-0.39, 0.29) is 11.4 Å². The van der Waals surface area contributed by atoms with Crippen LogP contribution in [0.4, 0.5) is 5.69 Å². The maximum absolute atomic E-state index is 11.5. The van der Waals surface area contributed by atoms with Gasteiger partial charge in [-0.05, 0) is 6.92 Å². The Kier molecular flexibility index (Phi) is 2.86. The third-order valence-electron chi connectivity index (χ3n) is 1.83. The largest absolute Gasteiger partial charge is 0.461 e. The first-order chi connectivity index (χ1) is 7.72. The highest BCUT2D eigenvalue weighted by atomic mass is 32.1. The van der Waals surface area contributed by atoms with Crippen molar-refractivity contribution in [2.45, 2.75) is 6.92 Å². The summed E-state index contributed by atoms with van der Waals surface area (Å²) >= 11 is 1.40. The molecule has 2 aromatic rings. The maximum Gasteiger partial charge on any atom is 0.361 e. The van der Waals surface area contributed by atoms with Gasteiger partial charge in [0, 0.05) is 11.6 Å². The Labute approximate surface area is 95.7 Å². The number of carbonyl (C=O) groups excluding carboxylic acids is 1. The number of nitrogens with two attached hydrogens (primary N) is 1. The van der Waals surface area contributed by atoms with Gasteiger partial charge in [0.2, 0.25) is 5.13 Å². The number of thiazole rings is 1. The van der Waals surface area contributed by atoms with Crippen molar-refractivity contribution in [1.29, 1.82) is 0 Å². The Morgan fingerprint density at radius 3 is 3.12 bits per heavy atom. The molecule has 7 heteroatoms. The number of aromatic nitrogens is 3. The van der Waals surface area contributed by atoms with Crippen LogP contribution < -0.4 is 5.73 Å². The van der Waals surface area contributed by atoms with Gasteiger partial charge in [0.15, 0.2) is 5.69 Å². The molecule has 0 saturated carbocycles. The fourth-order valence-electron chi connectivity index (χ4n) is 1.17. The molecule has 16 heavy (non-hydrogen) atoms. The standard InChI is InChI=1S/C9H10N4O2S/c1-2-15-8(14)7-6(10)5-13(12-7)9-11-3-4-16-9/h3-5H,2,10H2,1H3. The van der Waals surface area contributed by atoms with Crippen molar-refractivity contribution in [2.24, 2.45) is 0 Å². The number of nitrogen functional groups attached to an aromatic ring is 1. The Morgan fingerprint density at radius 2 is 2.50 bits per heavy atom. The summed E-state index contributed by atoms with van der Waals surface area (Å²) in [6.45, 7) is 2.02. The molecule has 0 fully saturated rings. The van der Waals surface area contributed by atoms with Crippen molar-refractivity contribution in [3.63, 3.8) is 0 Å². The van der Waals surface area contributed by atoms with Crippen LogP contribution >= 0.6 is 11.3 Å². The molecule has 0 bridgehead atoms. The lowest BCUT2D eigenvalue weighted by atomic mass is 10.4. The zero-order valence-corrected chi connectivity index (χ0v) is 9.40. The first-order valence-electron chi connectivity index (χ1n) is 4.64. The second-order valence-electron chi connectivity index (χ2n) is 2.91. The molecule has 0 amide bonds. The summed E-state index contributed by atoms with van der Waals surface area (Å²) in [5.74, 6) is -0.518. The Balaban J connectivity index is 2.32. The molecule has 2 aromatic heterocycles. The van der Waals surface area contributed by atoms with E-state index in [4.69, 9.17) is 10.5 Å². The Bertz CT molecular complexity index is 492. The molecule has 0 unspecified atom stereocenters. The maximum atomic E-state index is 11.5. The molecule has 0 aliphatic rings. The van der Waals surface area contributed by atoms with Gasteiger partial charge < -0.3 is 10.5 Å². The van der Waals surface area contributed by atoms with Gasteiger partial charge in [-0.2, -0.15) is 5.10 Å². The topological polar surface area (TPSA) is 83.0 Å². The highest BCUT2D eigenvalue weighted by molar-refractivity contribution is 7.12. The van der Waals surface area contributed by atoms with Crippen LogP contribution in [0, 0.1) is 0 Å². The third-order valence-corrected chi connectivity index (χ3v) is 2.59. The first kappa shape index (κ1) is 10.6. The van der Waals surface area contributed by atoms with E-state index in [1.54, 1.807) is 19.3 Å². The van der Waals surface area contributed by atoms with Crippen molar-refractivity contribution in [1.82, 2.24) is 14.8 Å². The van der Waals surface area contributed by atoms with Gasteiger partial charge in [-0.15, -0.1) is 11.3 Å². The smallest absolute Gasteiger partial charge is 0.361 e. The van der Waals surface area contributed by atoms with Crippen molar-refractivity contribution in [2.75, 3.05) is 12.3 Å². The third kappa shape index (κ3) is 1.89. The fraction of sp³-hybridized carbons (Fsp3) is 0.222. The minimum atomic E-state index is -0.518. The number of esters is 1. The molecule has 6 nitrogen and oxygen atoms in total. The van der Waals surface area contributed by atoms with Gasteiger partial charge in [-0.25, -0.2) is 14.5 Å². The second-order valence-corrected chi connectivity index (χ2v) is 3.79. The predicted octanol–water partition coefficient (Wildman–Crippen LogP) is 1.09. The van der Waals surface area contributed by atoms with E-state index in [1.807, 2.05) is 5.38 Å². The van der Waals surface area contributed by atoms with E-state index in [0.29, 0.717) is 11.7 Å². The van der Waals surface area contributed by atoms with Crippen LogP contribution in [0.5, 0.6) is 0 Å². The van der Waals surface area contributed by atoms with Crippen LogP contribution in [0.3, 0.4) is 0 Å². The summed E-state index contributed by atoms with van der Waals surface area (Å²) in [7, 11) is 0. The van der Waals surface area contributed by atoms with Crippen LogP contribution in [-0.4, -0.2) is 27.3 Å². The van der Waals surface area contributed by atoms with Crippen LogP contribution in [0.1, 0.15) is 17.4 Å². The average Bonchev–Trinajstić information content (AvgIpc) is 2.86. The highest BCUT2D eigenvalue weighted by Gasteiger charge is 2.16. The summed E-state index contributed by atoms with van der Waals surface area (Å²) in [5, 5.41) is 6.51. The lowest BCUT2D eigenvalue weighted by Crippen LogP contribution is -2.08. The van der Waals surface area contributed by atoms with Gasteiger partial charge in [-0.1, -0.05) is 0 Å². The van der Waals surface area contributed by atoms with E-state index in [9.17, 15) is 4.79 Å².